The molecule has 0 radical (unpaired) electrons. The van der Waals surface area contributed by atoms with Crippen LogP contribution >= 0.6 is 0 Å². The molecule has 1 amide bonds. The summed E-state index contributed by atoms with van der Waals surface area (Å²) in [6.45, 7) is 8.02. The Kier molecular flexibility index (Phi) is 7.75. The van der Waals surface area contributed by atoms with Crippen molar-refractivity contribution in [1.82, 2.24) is 49.6 Å². The zero-order valence-electron chi connectivity index (χ0n) is 26.5. The topological polar surface area (TPSA) is 146 Å². The molecule has 0 aliphatic carbocycles. The Hall–Kier alpha value is -5.83. The minimum atomic E-state index is -0.511. The number of carbonyl (C=O) groups excluding carboxylic acids is 1. The largest absolute Gasteiger partial charge is 0.336 e. The highest BCUT2D eigenvalue weighted by molar-refractivity contribution is 5.95. The Labute approximate surface area is 274 Å². The molecule has 1 fully saturated rings. The molecule has 3 aromatic carbocycles. The molecule has 0 unspecified atom stereocenters. The van der Waals surface area contributed by atoms with Crippen molar-refractivity contribution >= 4 is 22.6 Å². The number of piperazine rings is 1. The number of nitro groups is 1. The smallest absolute Gasteiger partial charge is 0.295 e. The quantitative estimate of drug-likeness (QED) is 0.171. The van der Waals surface area contributed by atoms with Gasteiger partial charge in [0.1, 0.15) is 28.4 Å². The summed E-state index contributed by atoms with van der Waals surface area (Å²) in [4.78, 5) is 29.0. The van der Waals surface area contributed by atoms with E-state index in [0.29, 0.717) is 42.9 Å². The molecule has 15 heteroatoms. The lowest BCUT2D eigenvalue weighted by molar-refractivity contribution is -0.384. The molecular weight excluding hydrogens is 617 g/mol. The number of halogens is 1. The van der Waals surface area contributed by atoms with E-state index in [2.05, 4.69) is 44.5 Å². The molecule has 0 bridgehead atoms. The van der Waals surface area contributed by atoms with Crippen LogP contribution in [0.4, 0.5) is 10.1 Å². The number of hydrogen-bond donors (Lipinski definition) is 0. The molecule has 1 aliphatic rings. The number of aromatic nitrogens is 8. The van der Waals surface area contributed by atoms with E-state index in [0.717, 1.165) is 11.3 Å². The third kappa shape index (κ3) is 5.47. The molecule has 0 spiro atoms. The van der Waals surface area contributed by atoms with Gasteiger partial charge in [0.15, 0.2) is 0 Å². The van der Waals surface area contributed by atoms with Gasteiger partial charge in [0.2, 0.25) is 0 Å². The van der Waals surface area contributed by atoms with Gasteiger partial charge >= 0.3 is 0 Å². The van der Waals surface area contributed by atoms with Crippen LogP contribution in [0.1, 0.15) is 48.4 Å². The van der Waals surface area contributed by atoms with E-state index >= 15 is 0 Å². The van der Waals surface area contributed by atoms with Crippen LogP contribution in [-0.4, -0.2) is 86.6 Å². The number of hydrogen-bond acceptors (Lipinski definition) is 9. The molecule has 1 aliphatic heterocycles. The molecular formula is C33H32FN11O3. The number of amides is 1. The molecule has 244 valence electrons. The molecule has 7 rings (SSSR count). The van der Waals surface area contributed by atoms with Gasteiger partial charge < -0.3 is 4.90 Å². The molecule has 1 saturated heterocycles. The Morgan fingerprint density at radius 2 is 1.73 bits per heavy atom. The number of rotatable bonds is 8. The van der Waals surface area contributed by atoms with E-state index in [-0.39, 0.29) is 34.7 Å². The number of benzene rings is 3. The van der Waals surface area contributed by atoms with Crippen molar-refractivity contribution in [2.75, 3.05) is 26.2 Å². The number of para-hydroxylation sites is 1. The Bertz CT molecular complexity index is 2130. The van der Waals surface area contributed by atoms with Crippen molar-refractivity contribution in [3.8, 4) is 11.4 Å². The number of fused-ring (bicyclic) bond motifs is 1. The SMILES string of the molecule is C[C@H](c1ccc(-n2cccn2)c(F)c1)n1cc(C(C)(C)N2CCN(C(=O)c3ccc(-n4nnc5ccccc54)c([N+](=O)[O-])c3)CC2)nn1. The maximum absolute atomic E-state index is 14.9. The monoisotopic (exact) mass is 649 g/mol. The van der Waals surface area contributed by atoms with Gasteiger partial charge in [-0.15, -0.1) is 10.2 Å². The van der Waals surface area contributed by atoms with Crippen LogP contribution < -0.4 is 0 Å². The standard InChI is InChI=1S/C33H32FN11O3/c1-22(23-9-11-27(25(34)19-23)42-14-6-13-35-42)43-21-31(37-38-43)33(2,3)41-17-15-40(16-18-41)32(46)24-10-12-29(30(20-24)45(47)48)44-28-8-5-4-7-26(28)36-39-44/h4-14,19-22H,15-18H2,1-3H3/t22-/m1/s1. The number of carbonyl (C=O) groups is 1. The van der Waals surface area contributed by atoms with E-state index in [9.17, 15) is 19.3 Å². The fourth-order valence-corrected chi connectivity index (χ4v) is 6.12. The molecule has 14 nitrogen and oxygen atoms in total. The average molecular weight is 650 g/mol. The lowest BCUT2D eigenvalue weighted by Crippen LogP contribution is -2.54. The van der Waals surface area contributed by atoms with Crippen molar-refractivity contribution in [3.05, 3.63) is 118 Å². The van der Waals surface area contributed by atoms with Crippen LogP contribution in [-0.2, 0) is 5.54 Å². The van der Waals surface area contributed by atoms with Crippen molar-refractivity contribution in [2.45, 2.75) is 32.4 Å². The second-order valence-electron chi connectivity index (χ2n) is 12.2. The maximum atomic E-state index is 14.9. The van der Waals surface area contributed by atoms with Gasteiger partial charge in [0.05, 0.1) is 28.2 Å². The van der Waals surface area contributed by atoms with Crippen LogP contribution in [0.2, 0.25) is 0 Å². The summed E-state index contributed by atoms with van der Waals surface area (Å²) in [5, 5.41) is 33.2. The first kappa shape index (κ1) is 30.8. The van der Waals surface area contributed by atoms with Crippen LogP contribution in [0.5, 0.6) is 0 Å². The predicted molar refractivity (Wildman–Crippen MR) is 173 cm³/mol. The van der Waals surface area contributed by atoms with Gasteiger partial charge in [-0.1, -0.05) is 28.6 Å². The first-order valence-electron chi connectivity index (χ1n) is 15.5. The summed E-state index contributed by atoms with van der Waals surface area (Å²) >= 11 is 0. The van der Waals surface area contributed by atoms with E-state index in [1.807, 2.05) is 25.3 Å². The van der Waals surface area contributed by atoms with Crippen LogP contribution in [0.15, 0.2) is 85.3 Å². The van der Waals surface area contributed by atoms with Gasteiger partial charge in [-0.3, -0.25) is 19.8 Å². The third-order valence-corrected chi connectivity index (χ3v) is 9.10. The van der Waals surface area contributed by atoms with Crippen LogP contribution in [0.3, 0.4) is 0 Å². The maximum Gasteiger partial charge on any atom is 0.295 e. The zero-order valence-corrected chi connectivity index (χ0v) is 26.5. The van der Waals surface area contributed by atoms with Crippen molar-refractivity contribution in [3.63, 3.8) is 0 Å². The van der Waals surface area contributed by atoms with Crippen molar-refractivity contribution < 1.29 is 14.1 Å². The van der Waals surface area contributed by atoms with Crippen LogP contribution in [0, 0.1) is 15.9 Å². The normalized spacial score (nSPS) is 14.8. The van der Waals surface area contributed by atoms with Gasteiger partial charge in [-0.2, -0.15) is 5.10 Å². The highest BCUT2D eigenvalue weighted by Crippen LogP contribution is 2.31. The summed E-state index contributed by atoms with van der Waals surface area (Å²) < 4.78 is 19.5. The second kappa shape index (κ2) is 12.1. The summed E-state index contributed by atoms with van der Waals surface area (Å²) in [5.74, 6) is -0.665. The van der Waals surface area contributed by atoms with Gasteiger partial charge in [0, 0.05) is 50.2 Å². The second-order valence-corrected chi connectivity index (χ2v) is 12.2. The Morgan fingerprint density at radius 1 is 0.958 bits per heavy atom. The fourth-order valence-electron chi connectivity index (χ4n) is 6.12. The number of nitrogens with zero attached hydrogens (tertiary/aromatic N) is 11. The van der Waals surface area contributed by atoms with Crippen molar-refractivity contribution in [2.24, 2.45) is 0 Å². The first-order valence-corrected chi connectivity index (χ1v) is 15.5. The summed E-state index contributed by atoms with van der Waals surface area (Å²) in [7, 11) is 0. The Balaban J connectivity index is 1.03. The molecule has 0 saturated carbocycles. The van der Waals surface area contributed by atoms with Gasteiger partial charge in [-0.05, 0) is 68.8 Å². The van der Waals surface area contributed by atoms with E-state index in [4.69, 9.17) is 0 Å². The number of nitro benzene ring substituents is 1. The summed E-state index contributed by atoms with van der Waals surface area (Å²) in [6, 6.07) is 18.1. The highest BCUT2D eigenvalue weighted by Gasteiger charge is 2.36. The molecule has 1 atom stereocenters. The van der Waals surface area contributed by atoms with E-state index < -0.39 is 10.5 Å². The molecule has 3 aromatic heterocycles. The zero-order chi connectivity index (χ0) is 33.6. The molecule has 0 N–H and O–H groups in total. The predicted octanol–water partition coefficient (Wildman–Crippen LogP) is 4.55. The molecule has 48 heavy (non-hydrogen) atoms. The Morgan fingerprint density at radius 3 is 2.46 bits per heavy atom. The lowest BCUT2D eigenvalue weighted by Gasteiger charge is -2.43. The van der Waals surface area contributed by atoms with Gasteiger partial charge in [0.25, 0.3) is 11.6 Å². The molecule has 4 heterocycles. The molecule has 6 aromatic rings. The summed E-state index contributed by atoms with van der Waals surface area (Å²) in [5.41, 5.74) is 2.81. The minimum absolute atomic E-state index is 0.230. The van der Waals surface area contributed by atoms with Crippen molar-refractivity contribution in [1.29, 1.82) is 0 Å². The first-order chi connectivity index (χ1) is 23.1. The van der Waals surface area contributed by atoms with Gasteiger partial charge in [-0.25, -0.2) is 18.4 Å². The van der Waals surface area contributed by atoms with E-state index in [1.165, 1.54) is 21.5 Å². The van der Waals surface area contributed by atoms with E-state index in [1.54, 1.807) is 64.4 Å². The summed E-state index contributed by atoms with van der Waals surface area (Å²) in [6.07, 6.45) is 5.16. The third-order valence-electron chi connectivity index (χ3n) is 9.10. The van der Waals surface area contributed by atoms with Crippen LogP contribution in [0.25, 0.3) is 22.4 Å². The highest BCUT2D eigenvalue weighted by atomic mass is 19.1. The lowest BCUT2D eigenvalue weighted by atomic mass is 9.97. The minimum Gasteiger partial charge on any atom is -0.336 e. The average Bonchev–Trinajstić information content (AvgIpc) is 3.89. The fraction of sp³-hybridized carbons (Fsp3) is 0.273.